The summed E-state index contributed by atoms with van der Waals surface area (Å²) in [5.41, 5.74) is 4.75. The van der Waals surface area contributed by atoms with Gasteiger partial charge in [-0.2, -0.15) is 0 Å². The Labute approximate surface area is 155 Å². The van der Waals surface area contributed by atoms with Crippen molar-refractivity contribution in [2.75, 3.05) is 31.1 Å². The Morgan fingerprint density at radius 2 is 2.19 bits per heavy atom. The van der Waals surface area contributed by atoms with Gasteiger partial charge in [0.15, 0.2) is 0 Å². The van der Waals surface area contributed by atoms with Gasteiger partial charge in [-0.05, 0) is 31.9 Å². The molecule has 0 amide bonds. The van der Waals surface area contributed by atoms with E-state index in [2.05, 4.69) is 66.6 Å². The maximum absolute atomic E-state index is 6.07. The van der Waals surface area contributed by atoms with Crippen LogP contribution in [-0.4, -0.2) is 43.4 Å². The number of benzene rings is 1. The first-order valence-corrected chi connectivity index (χ1v) is 9.59. The number of morpholine rings is 1. The van der Waals surface area contributed by atoms with Crippen LogP contribution in [0.1, 0.15) is 25.8 Å². The molecule has 0 saturated carbocycles. The second kappa shape index (κ2) is 7.60. The zero-order chi connectivity index (χ0) is 17.9. The molecule has 2 saturated heterocycles. The van der Waals surface area contributed by atoms with Crippen LogP contribution in [0, 0.1) is 0 Å². The average molecular weight is 349 g/mol. The summed E-state index contributed by atoms with van der Waals surface area (Å²) in [5.74, 6) is 0. The van der Waals surface area contributed by atoms with Crippen molar-refractivity contribution in [3.8, 4) is 0 Å². The van der Waals surface area contributed by atoms with Crippen LogP contribution < -0.4 is 10.2 Å². The molecular formula is C22H27N3O. The Bertz CT molecular complexity index is 842. The predicted octanol–water partition coefficient (Wildman–Crippen LogP) is 3.78. The fourth-order valence-corrected chi connectivity index (χ4v) is 4.18. The lowest BCUT2D eigenvalue weighted by molar-refractivity contribution is -0.00899. The van der Waals surface area contributed by atoms with Crippen LogP contribution >= 0.6 is 0 Å². The van der Waals surface area contributed by atoms with E-state index in [1.54, 1.807) is 0 Å². The highest BCUT2D eigenvalue weighted by Crippen LogP contribution is 2.36. The Balaban J connectivity index is 1.81. The number of aromatic nitrogens is 1. The molecule has 4 heteroatoms. The minimum absolute atomic E-state index is 0.257. The molecule has 2 atom stereocenters. The van der Waals surface area contributed by atoms with Crippen LogP contribution in [0.15, 0.2) is 48.7 Å². The number of nitrogens with one attached hydrogen (secondary N) is 1. The number of pyridine rings is 1. The van der Waals surface area contributed by atoms with Gasteiger partial charge in [-0.15, -0.1) is 0 Å². The Morgan fingerprint density at radius 3 is 3.04 bits per heavy atom. The first-order chi connectivity index (χ1) is 12.8. The summed E-state index contributed by atoms with van der Waals surface area (Å²) in [6.07, 6.45) is 9.82. The van der Waals surface area contributed by atoms with Gasteiger partial charge in [0.05, 0.1) is 23.9 Å². The van der Waals surface area contributed by atoms with Crippen LogP contribution in [0.25, 0.3) is 16.5 Å². The number of hydrogen-bond donors (Lipinski definition) is 1. The molecule has 2 aliphatic rings. The maximum Gasteiger partial charge on any atom is 0.0903 e. The number of piperidine rings is 1. The second-order valence-electron chi connectivity index (χ2n) is 6.99. The van der Waals surface area contributed by atoms with Crippen molar-refractivity contribution >= 4 is 22.2 Å². The SMILES string of the molecule is C/C=C\C(=C/C)c1cnc2ccccc2c1N1CC[C@@H]2NCCO[C@H]2C1. The number of hydrogen-bond acceptors (Lipinski definition) is 4. The summed E-state index contributed by atoms with van der Waals surface area (Å²) in [6.45, 7) is 7.88. The smallest absolute Gasteiger partial charge is 0.0903 e. The lowest BCUT2D eigenvalue weighted by atomic mass is 9.96. The van der Waals surface area contributed by atoms with Crippen molar-refractivity contribution < 1.29 is 4.74 Å². The van der Waals surface area contributed by atoms with Crippen LogP contribution in [-0.2, 0) is 4.74 Å². The van der Waals surface area contributed by atoms with Crippen molar-refractivity contribution in [3.05, 3.63) is 54.3 Å². The molecule has 1 aromatic heterocycles. The third kappa shape index (κ3) is 3.15. The first-order valence-electron chi connectivity index (χ1n) is 9.59. The zero-order valence-electron chi connectivity index (χ0n) is 15.6. The quantitative estimate of drug-likeness (QED) is 0.856. The summed E-state index contributed by atoms with van der Waals surface area (Å²) in [7, 11) is 0. The number of para-hydroxylation sites is 1. The molecule has 1 N–H and O–H groups in total. The Kier molecular flexibility index (Phi) is 5.05. The number of allylic oxidation sites excluding steroid dienone is 4. The molecule has 26 heavy (non-hydrogen) atoms. The lowest BCUT2D eigenvalue weighted by Gasteiger charge is -2.43. The van der Waals surface area contributed by atoms with Gasteiger partial charge in [-0.25, -0.2) is 0 Å². The third-order valence-electron chi connectivity index (χ3n) is 5.43. The lowest BCUT2D eigenvalue weighted by Crippen LogP contribution is -2.57. The van der Waals surface area contributed by atoms with Crippen LogP contribution in [0.2, 0.25) is 0 Å². The first kappa shape index (κ1) is 17.3. The fourth-order valence-electron chi connectivity index (χ4n) is 4.18. The van der Waals surface area contributed by atoms with E-state index < -0.39 is 0 Å². The highest BCUT2D eigenvalue weighted by atomic mass is 16.5. The topological polar surface area (TPSA) is 37.4 Å². The number of rotatable bonds is 3. The van der Waals surface area contributed by atoms with Crippen LogP contribution in [0.3, 0.4) is 0 Å². The molecule has 136 valence electrons. The molecule has 0 aliphatic carbocycles. The van der Waals surface area contributed by atoms with E-state index in [0.29, 0.717) is 6.04 Å². The number of nitrogens with zero attached hydrogens (tertiary/aromatic N) is 2. The van der Waals surface area contributed by atoms with Gasteiger partial charge >= 0.3 is 0 Å². The monoisotopic (exact) mass is 349 g/mol. The average Bonchev–Trinajstić information content (AvgIpc) is 2.71. The largest absolute Gasteiger partial charge is 0.373 e. The van der Waals surface area contributed by atoms with E-state index in [1.807, 2.05) is 6.20 Å². The predicted molar refractivity (Wildman–Crippen MR) is 109 cm³/mol. The van der Waals surface area contributed by atoms with Crippen molar-refractivity contribution in [2.45, 2.75) is 32.4 Å². The summed E-state index contributed by atoms with van der Waals surface area (Å²) >= 11 is 0. The summed E-state index contributed by atoms with van der Waals surface area (Å²) in [5, 5.41) is 4.83. The normalized spacial score (nSPS) is 24.2. The van der Waals surface area contributed by atoms with Gasteiger partial charge in [0, 0.05) is 42.8 Å². The molecule has 0 spiro atoms. The highest BCUT2D eigenvalue weighted by Gasteiger charge is 2.33. The van der Waals surface area contributed by atoms with E-state index in [9.17, 15) is 0 Å². The molecule has 0 radical (unpaired) electrons. The summed E-state index contributed by atoms with van der Waals surface area (Å²) in [4.78, 5) is 7.22. The second-order valence-corrected chi connectivity index (χ2v) is 6.99. The number of anilines is 1. The molecule has 2 aromatic rings. The Morgan fingerprint density at radius 1 is 1.31 bits per heavy atom. The van der Waals surface area contributed by atoms with Gasteiger partial charge in [0.2, 0.25) is 0 Å². The van der Waals surface area contributed by atoms with Gasteiger partial charge in [-0.1, -0.05) is 36.4 Å². The van der Waals surface area contributed by atoms with E-state index in [-0.39, 0.29) is 6.10 Å². The molecule has 4 rings (SSSR count). The molecule has 2 aliphatic heterocycles. The van der Waals surface area contributed by atoms with Crippen molar-refractivity contribution in [3.63, 3.8) is 0 Å². The van der Waals surface area contributed by atoms with Crippen LogP contribution in [0.5, 0.6) is 0 Å². The zero-order valence-corrected chi connectivity index (χ0v) is 15.6. The molecule has 0 unspecified atom stereocenters. The summed E-state index contributed by atoms with van der Waals surface area (Å²) < 4.78 is 6.07. The Hall–Kier alpha value is -2.17. The molecule has 1 aromatic carbocycles. The molecule has 4 nitrogen and oxygen atoms in total. The molecule has 0 bridgehead atoms. The van der Waals surface area contributed by atoms with E-state index >= 15 is 0 Å². The minimum Gasteiger partial charge on any atom is -0.373 e. The van der Waals surface area contributed by atoms with E-state index in [1.165, 1.54) is 22.2 Å². The third-order valence-corrected chi connectivity index (χ3v) is 5.43. The van der Waals surface area contributed by atoms with E-state index in [0.717, 1.165) is 38.2 Å². The molecular weight excluding hydrogens is 322 g/mol. The summed E-state index contributed by atoms with van der Waals surface area (Å²) in [6, 6.07) is 8.93. The minimum atomic E-state index is 0.257. The standard InChI is InChI=1S/C22H27N3O/c1-3-7-16(4-2)18-14-24-19-9-6-5-8-17(19)22(18)25-12-10-20-21(15-25)26-13-11-23-20/h3-9,14,20-21,23H,10-13,15H2,1-2H3/b7-3-,16-4+/t20-,21-/m0/s1. The maximum atomic E-state index is 6.07. The van der Waals surface area contributed by atoms with Gasteiger partial charge < -0.3 is 15.0 Å². The van der Waals surface area contributed by atoms with Gasteiger partial charge in [-0.3, -0.25) is 4.98 Å². The number of ether oxygens (including phenoxy) is 1. The van der Waals surface area contributed by atoms with Crippen LogP contribution in [0.4, 0.5) is 5.69 Å². The van der Waals surface area contributed by atoms with Crippen molar-refractivity contribution in [1.29, 1.82) is 0 Å². The van der Waals surface area contributed by atoms with E-state index in [4.69, 9.17) is 9.72 Å². The molecule has 2 fully saturated rings. The van der Waals surface area contributed by atoms with Gasteiger partial charge in [0.1, 0.15) is 0 Å². The van der Waals surface area contributed by atoms with Crippen molar-refractivity contribution in [1.82, 2.24) is 10.3 Å². The molecule has 3 heterocycles. The van der Waals surface area contributed by atoms with Gasteiger partial charge in [0.25, 0.3) is 0 Å². The fraction of sp³-hybridized carbons (Fsp3) is 0.409. The van der Waals surface area contributed by atoms with Crippen molar-refractivity contribution in [2.24, 2.45) is 0 Å². The highest BCUT2D eigenvalue weighted by molar-refractivity contribution is 5.99. The number of fused-ring (bicyclic) bond motifs is 2.